The van der Waals surface area contributed by atoms with Crippen molar-refractivity contribution in [1.29, 1.82) is 0 Å². The summed E-state index contributed by atoms with van der Waals surface area (Å²) in [5.41, 5.74) is 2.19. The van der Waals surface area contributed by atoms with Crippen LogP contribution in [0.5, 0.6) is 11.5 Å². The molecule has 1 fully saturated rings. The number of piperazine rings is 1. The average molecular weight is 419 g/mol. The van der Waals surface area contributed by atoms with Crippen LogP contribution in [0.3, 0.4) is 0 Å². The number of fused-ring (bicyclic) bond motifs is 1. The first-order valence-corrected chi connectivity index (χ1v) is 10.3. The Labute approximate surface area is 173 Å². The van der Waals surface area contributed by atoms with Crippen LogP contribution in [0.2, 0.25) is 5.28 Å². The molecular formula is C20H23ClN4O2S. The molecule has 0 saturated carbocycles. The lowest BCUT2D eigenvalue weighted by molar-refractivity contribution is 0.312. The quantitative estimate of drug-likeness (QED) is 0.595. The van der Waals surface area contributed by atoms with E-state index in [-0.39, 0.29) is 0 Å². The van der Waals surface area contributed by atoms with E-state index >= 15 is 0 Å². The Morgan fingerprint density at radius 2 is 1.75 bits per heavy atom. The van der Waals surface area contributed by atoms with Gasteiger partial charge in [-0.15, -0.1) is 11.3 Å². The smallest absolute Gasteiger partial charge is 0.225 e. The molecule has 0 unspecified atom stereocenters. The molecule has 1 saturated heterocycles. The van der Waals surface area contributed by atoms with E-state index in [1.807, 2.05) is 12.1 Å². The summed E-state index contributed by atoms with van der Waals surface area (Å²) < 4.78 is 10.9. The molecule has 0 N–H and O–H groups in total. The molecule has 4 rings (SSSR count). The highest BCUT2D eigenvalue weighted by Gasteiger charge is 2.24. The number of halogens is 1. The Hall–Kier alpha value is -2.09. The molecule has 28 heavy (non-hydrogen) atoms. The van der Waals surface area contributed by atoms with Gasteiger partial charge in [-0.3, -0.25) is 0 Å². The van der Waals surface area contributed by atoms with Gasteiger partial charge in [0.1, 0.15) is 10.6 Å². The lowest BCUT2D eigenvalue weighted by atomic mass is 10.0. The van der Waals surface area contributed by atoms with Crippen LogP contribution in [0.4, 0.5) is 5.82 Å². The number of nitrogens with zero attached hydrogens (tertiary/aromatic N) is 4. The third-order valence-electron chi connectivity index (χ3n) is 5.16. The van der Waals surface area contributed by atoms with Crippen molar-refractivity contribution in [2.75, 3.05) is 52.3 Å². The molecule has 3 heterocycles. The van der Waals surface area contributed by atoms with Crippen molar-refractivity contribution in [1.82, 2.24) is 14.9 Å². The first-order chi connectivity index (χ1) is 13.5. The summed E-state index contributed by atoms with van der Waals surface area (Å²) in [5.74, 6) is 2.33. The van der Waals surface area contributed by atoms with Crippen LogP contribution in [0, 0.1) is 6.92 Å². The number of aryl methyl sites for hydroxylation is 1. The lowest BCUT2D eigenvalue weighted by Crippen LogP contribution is -2.44. The molecule has 0 spiro atoms. The monoisotopic (exact) mass is 418 g/mol. The van der Waals surface area contributed by atoms with Crippen molar-refractivity contribution in [3.63, 3.8) is 0 Å². The summed E-state index contributed by atoms with van der Waals surface area (Å²) in [5, 5.41) is 1.35. The summed E-state index contributed by atoms with van der Waals surface area (Å²) in [4.78, 5) is 15.9. The topological polar surface area (TPSA) is 50.7 Å². The summed E-state index contributed by atoms with van der Waals surface area (Å²) in [6.45, 7) is 5.94. The van der Waals surface area contributed by atoms with Gasteiger partial charge >= 0.3 is 0 Å². The molecule has 2 aromatic heterocycles. The van der Waals surface area contributed by atoms with Gasteiger partial charge in [0.05, 0.1) is 19.6 Å². The summed E-state index contributed by atoms with van der Waals surface area (Å²) in [7, 11) is 5.44. The normalized spacial score (nSPS) is 15.2. The molecule has 0 radical (unpaired) electrons. The summed E-state index contributed by atoms with van der Waals surface area (Å²) in [6, 6.07) is 6.00. The van der Waals surface area contributed by atoms with Gasteiger partial charge in [-0.2, -0.15) is 4.98 Å². The van der Waals surface area contributed by atoms with Crippen molar-refractivity contribution < 1.29 is 9.47 Å². The van der Waals surface area contributed by atoms with Crippen LogP contribution >= 0.6 is 22.9 Å². The zero-order chi connectivity index (χ0) is 19.8. The molecule has 0 aliphatic carbocycles. The zero-order valence-electron chi connectivity index (χ0n) is 16.5. The van der Waals surface area contributed by atoms with E-state index in [2.05, 4.69) is 39.8 Å². The highest BCUT2D eigenvalue weighted by Crippen LogP contribution is 2.44. The van der Waals surface area contributed by atoms with Gasteiger partial charge in [-0.25, -0.2) is 4.98 Å². The number of thiophene rings is 1. The van der Waals surface area contributed by atoms with E-state index in [4.69, 9.17) is 21.1 Å². The number of benzene rings is 1. The average Bonchev–Trinajstić information content (AvgIpc) is 3.02. The number of rotatable bonds is 4. The molecule has 3 aromatic rings. The number of hydrogen-bond donors (Lipinski definition) is 0. The van der Waals surface area contributed by atoms with Crippen molar-refractivity contribution in [3.05, 3.63) is 28.4 Å². The van der Waals surface area contributed by atoms with Crippen LogP contribution in [0.1, 0.15) is 4.88 Å². The second-order valence-corrected chi connectivity index (χ2v) is 8.43. The minimum atomic E-state index is 0.293. The van der Waals surface area contributed by atoms with Crippen LogP contribution in [0.25, 0.3) is 21.3 Å². The molecule has 8 heteroatoms. The van der Waals surface area contributed by atoms with E-state index in [0.29, 0.717) is 16.8 Å². The number of aromatic nitrogens is 2. The minimum absolute atomic E-state index is 0.293. The number of anilines is 1. The molecule has 0 atom stereocenters. The van der Waals surface area contributed by atoms with Gasteiger partial charge in [-0.05, 0) is 43.3 Å². The Balaban J connectivity index is 1.91. The maximum atomic E-state index is 6.28. The molecule has 6 nitrogen and oxygen atoms in total. The molecule has 0 amide bonds. The van der Waals surface area contributed by atoms with Gasteiger partial charge < -0.3 is 19.3 Å². The van der Waals surface area contributed by atoms with Crippen LogP contribution in [0.15, 0.2) is 18.2 Å². The van der Waals surface area contributed by atoms with Gasteiger partial charge in [0.2, 0.25) is 5.28 Å². The summed E-state index contributed by atoms with van der Waals surface area (Å²) >= 11 is 7.92. The number of likely N-dealkylation sites (N-methyl/N-ethyl adjacent to an activating group) is 1. The van der Waals surface area contributed by atoms with Crippen LogP contribution < -0.4 is 14.4 Å². The molecule has 1 aliphatic heterocycles. The lowest BCUT2D eigenvalue weighted by Gasteiger charge is -2.33. The van der Waals surface area contributed by atoms with Crippen molar-refractivity contribution >= 4 is 39.0 Å². The van der Waals surface area contributed by atoms with Gasteiger partial charge in [0.15, 0.2) is 11.5 Å². The van der Waals surface area contributed by atoms with Gasteiger partial charge in [-0.1, -0.05) is 6.07 Å². The second-order valence-electron chi connectivity index (χ2n) is 6.89. The van der Waals surface area contributed by atoms with E-state index in [1.165, 1.54) is 4.88 Å². The number of ether oxygens (including phenoxy) is 2. The molecule has 1 aliphatic rings. The summed E-state index contributed by atoms with van der Waals surface area (Å²) in [6.07, 6.45) is 0. The third kappa shape index (κ3) is 3.38. The van der Waals surface area contributed by atoms with Crippen molar-refractivity contribution in [2.24, 2.45) is 0 Å². The number of hydrogen-bond acceptors (Lipinski definition) is 7. The highest BCUT2D eigenvalue weighted by molar-refractivity contribution is 7.19. The third-order valence-corrected chi connectivity index (χ3v) is 6.32. The van der Waals surface area contributed by atoms with E-state index in [9.17, 15) is 0 Å². The van der Waals surface area contributed by atoms with E-state index in [0.717, 1.165) is 53.3 Å². The zero-order valence-corrected chi connectivity index (χ0v) is 18.0. The molecule has 148 valence electrons. The van der Waals surface area contributed by atoms with Crippen LogP contribution in [-0.2, 0) is 0 Å². The largest absolute Gasteiger partial charge is 0.493 e. The first kappa shape index (κ1) is 19.2. The Morgan fingerprint density at radius 1 is 1.04 bits per heavy atom. The first-order valence-electron chi connectivity index (χ1n) is 9.14. The predicted octanol–water partition coefficient (Wildman–Crippen LogP) is 4.09. The molecule has 0 bridgehead atoms. The second kappa shape index (κ2) is 7.73. The van der Waals surface area contributed by atoms with Crippen molar-refractivity contribution in [2.45, 2.75) is 6.92 Å². The Kier molecular flexibility index (Phi) is 5.31. The SMILES string of the molecule is COc1ccc(-c2c(C)sc3nc(Cl)nc(N4CCN(C)CC4)c23)cc1OC. The molecule has 1 aromatic carbocycles. The molecular weight excluding hydrogens is 396 g/mol. The maximum Gasteiger partial charge on any atom is 0.225 e. The van der Waals surface area contributed by atoms with E-state index < -0.39 is 0 Å². The Bertz CT molecular complexity index is 1020. The van der Waals surface area contributed by atoms with Crippen molar-refractivity contribution in [3.8, 4) is 22.6 Å². The van der Waals surface area contributed by atoms with Gasteiger partial charge in [0.25, 0.3) is 0 Å². The highest BCUT2D eigenvalue weighted by atomic mass is 35.5. The van der Waals surface area contributed by atoms with Gasteiger partial charge in [0, 0.05) is 36.6 Å². The van der Waals surface area contributed by atoms with Crippen LogP contribution in [-0.4, -0.2) is 62.3 Å². The predicted molar refractivity (Wildman–Crippen MR) is 115 cm³/mol. The minimum Gasteiger partial charge on any atom is -0.493 e. The fraction of sp³-hybridized carbons (Fsp3) is 0.400. The number of methoxy groups -OCH3 is 2. The Morgan fingerprint density at radius 3 is 2.43 bits per heavy atom. The van der Waals surface area contributed by atoms with E-state index in [1.54, 1.807) is 25.6 Å². The standard InChI is InChI=1S/C20H23ClN4O2S/c1-12-16(13-5-6-14(26-3)15(11-13)27-4)17-18(22-20(21)23-19(17)28-12)25-9-7-24(2)8-10-25/h5-6,11H,7-10H2,1-4H3. The maximum absolute atomic E-state index is 6.28. The fourth-order valence-corrected chi connectivity index (χ4v) is 4.91. The fourth-order valence-electron chi connectivity index (χ4n) is 3.65.